The van der Waals surface area contributed by atoms with Crippen molar-refractivity contribution in [2.75, 3.05) is 4.90 Å². The first-order valence-corrected chi connectivity index (χ1v) is 9.73. The molecule has 4 rings (SSSR count). The van der Waals surface area contributed by atoms with Gasteiger partial charge >= 0.3 is 12.0 Å². The number of benzene rings is 2. The molecule has 154 valence electrons. The lowest BCUT2D eigenvalue weighted by molar-refractivity contribution is -0.122. The van der Waals surface area contributed by atoms with Gasteiger partial charge in [-0.15, -0.1) is 0 Å². The molecule has 4 amide bonds. The molecule has 1 fully saturated rings. The average molecular weight is 481 g/mol. The van der Waals surface area contributed by atoms with E-state index < -0.39 is 23.8 Å². The Kier molecular flexibility index (Phi) is 5.26. The average Bonchev–Trinajstić information content (AvgIpc) is 3.20. The summed E-state index contributed by atoms with van der Waals surface area (Å²) in [5.74, 6) is -2.15. The number of hydrogen-bond acceptors (Lipinski definition) is 5. The second kappa shape index (κ2) is 8.04. The van der Waals surface area contributed by atoms with Gasteiger partial charge in [-0.05, 0) is 48.5 Å². The number of carbonyl (C=O) groups is 4. The van der Waals surface area contributed by atoms with Gasteiger partial charge in [0.1, 0.15) is 17.1 Å². The Morgan fingerprint density at radius 1 is 1.03 bits per heavy atom. The molecule has 1 aliphatic rings. The van der Waals surface area contributed by atoms with Crippen LogP contribution in [0, 0.1) is 0 Å². The Morgan fingerprint density at radius 3 is 2.55 bits per heavy atom. The minimum absolute atomic E-state index is 0.0961. The fraction of sp³-hybridized carbons (Fsp3) is 0. The maximum absolute atomic E-state index is 12.9. The molecule has 2 aromatic carbocycles. The van der Waals surface area contributed by atoms with Crippen molar-refractivity contribution in [1.82, 2.24) is 5.32 Å². The Morgan fingerprint density at radius 2 is 1.81 bits per heavy atom. The monoisotopic (exact) mass is 480 g/mol. The summed E-state index contributed by atoms with van der Waals surface area (Å²) in [5, 5.41) is 11.3. The normalized spacial score (nSPS) is 15.3. The number of aromatic carboxylic acids is 1. The van der Waals surface area contributed by atoms with Crippen molar-refractivity contribution in [3.05, 3.63) is 82.0 Å². The van der Waals surface area contributed by atoms with Crippen LogP contribution in [0.1, 0.15) is 16.1 Å². The zero-order valence-electron chi connectivity index (χ0n) is 15.7. The highest BCUT2D eigenvalue weighted by Crippen LogP contribution is 2.27. The minimum atomic E-state index is -1.07. The Balaban J connectivity index is 1.67. The number of anilines is 1. The van der Waals surface area contributed by atoms with E-state index in [2.05, 4.69) is 21.2 Å². The second-order valence-electron chi connectivity index (χ2n) is 6.53. The topological polar surface area (TPSA) is 117 Å². The quantitative estimate of drug-likeness (QED) is 0.429. The molecule has 8 nitrogen and oxygen atoms in total. The second-order valence-corrected chi connectivity index (χ2v) is 7.44. The first kappa shape index (κ1) is 20.3. The lowest BCUT2D eigenvalue weighted by Gasteiger charge is -2.26. The van der Waals surface area contributed by atoms with Crippen molar-refractivity contribution >= 4 is 51.5 Å². The van der Waals surface area contributed by atoms with Gasteiger partial charge in [0.25, 0.3) is 11.8 Å². The van der Waals surface area contributed by atoms with Crippen LogP contribution in [0.4, 0.5) is 10.5 Å². The Bertz CT molecular complexity index is 1280. The number of hydrogen-bond donors (Lipinski definition) is 2. The molecule has 0 atom stereocenters. The van der Waals surface area contributed by atoms with Crippen molar-refractivity contribution in [1.29, 1.82) is 0 Å². The first-order valence-electron chi connectivity index (χ1n) is 8.94. The van der Waals surface area contributed by atoms with Crippen LogP contribution in [0.3, 0.4) is 0 Å². The number of amides is 4. The van der Waals surface area contributed by atoms with E-state index in [0.717, 1.165) is 4.90 Å². The third-order valence-corrected chi connectivity index (χ3v) is 4.97. The molecule has 1 aliphatic heterocycles. The number of furan rings is 1. The van der Waals surface area contributed by atoms with Gasteiger partial charge in [-0.25, -0.2) is 14.5 Å². The number of carboxylic acids is 1. The van der Waals surface area contributed by atoms with Gasteiger partial charge in [0.2, 0.25) is 0 Å². The van der Waals surface area contributed by atoms with Gasteiger partial charge in [-0.1, -0.05) is 34.1 Å². The number of barbiturate groups is 1. The van der Waals surface area contributed by atoms with Gasteiger partial charge in [-0.2, -0.15) is 0 Å². The maximum Gasteiger partial charge on any atom is 0.335 e. The molecule has 2 heterocycles. The molecule has 0 radical (unpaired) electrons. The summed E-state index contributed by atoms with van der Waals surface area (Å²) in [6.45, 7) is 0. The molecule has 2 N–H and O–H groups in total. The van der Waals surface area contributed by atoms with Crippen molar-refractivity contribution in [2.24, 2.45) is 0 Å². The van der Waals surface area contributed by atoms with Gasteiger partial charge in [0.05, 0.1) is 11.3 Å². The summed E-state index contributed by atoms with van der Waals surface area (Å²) in [5.41, 5.74) is 0.634. The number of rotatable bonds is 4. The predicted molar refractivity (Wildman–Crippen MR) is 114 cm³/mol. The Labute approximate surface area is 183 Å². The van der Waals surface area contributed by atoms with Crippen LogP contribution in [-0.4, -0.2) is 28.9 Å². The summed E-state index contributed by atoms with van der Waals surface area (Å²) in [6.07, 6.45) is 1.24. The van der Waals surface area contributed by atoms with E-state index in [1.165, 1.54) is 24.3 Å². The lowest BCUT2D eigenvalue weighted by atomic mass is 10.1. The van der Waals surface area contributed by atoms with E-state index in [1.54, 1.807) is 42.5 Å². The highest BCUT2D eigenvalue weighted by atomic mass is 79.9. The van der Waals surface area contributed by atoms with Gasteiger partial charge in [0.15, 0.2) is 0 Å². The van der Waals surface area contributed by atoms with Crippen LogP contribution in [0.15, 0.2) is 75.1 Å². The number of imide groups is 2. The van der Waals surface area contributed by atoms with E-state index in [0.29, 0.717) is 21.5 Å². The van der Waals surface area contributed by atoms with Crippen molar-refractivity contribution in [3.63, 3.8) is 0 Å². The largest absolute Gasteiger partial charge is 0.478 e. The summed E-state index contributed by atoms with van der Waals surface area (Å²) in [4.78, 5) is 49.5. The number of nitrogens with one attached hydrogen (secondary N) is 1. The van der Waals surface area contributed by atoms with E-state index in [-0.39, 0.29) is 16.9 Å². The Hall–Kier alpha value is -3.98. The molecule has 1 saturated heterocycles. The predicted octanol–water partition coefficient (Wildman–Crippen LogP) is 4.07. The van der Waals surface area contributed by atoms with E-state index >= 15 is 0 Å². The van der Waals surface area contributed by atoms with Crippen molar-refractivity contribution < 1.29 is 28.7 Å². The smallest absolute Gasteiger partial charge is 0.335 e. The van der Waals surface area contributed by atoms with Crippen LogP contribution in [0.2, 0.25) is 0 Å². The van der Waals surface area contributed by atoms with Crippen LogP contribution >= 0.6 is 15.9 Å². The molecular weight excluding hydrogens is 468 g/mol. The molecule has 0 spiro atoms. The number of halogens is 1. The maximum atomic E-state index is 12.9. The molecule has 3 aromatic rings. The summed E-state index contributed by atoms with van der Waals surface area (Å²) in [7, 11) is 0. The van der Waals surface area contributed by atoms with Crippen LogP contribution in [-0.2, 0) is 9.59 Å². The molecular formula is C22H13BrN2O6. The van der Waals surface area contributed by atoms with E-state index in [9.17, 15) is 19.2 Å². The molecule has 0 aliphatic carbocycles. The van der Waals surface area contributed by atoms with Crippen LogP contribution in [0.5, 0.6) is 0 Å². The molecule has 0 unspecified atom stereocenters. The third-order valence-electron chi connectivity index (χ3n) is 4.48. The molecule has 1 aromatic heterocycles. The number of urea groups is 1. The first-order chi connectivity index (χ1) is 14.8. The molecule has 0 saturated carbocycles. The summed E-state index contributed by atoms with van der Waals surface area (Å²) >= 11 is 3.29. The molecule has 31 heavy (non-hydrogen) atoms. The SMILES string of the molecule is O=C1NC(=O)N(c2cccc(Br)c2)C(=O)C1=Cc1ccc(-c2cccc(C(=O)O)c2)o1. The van der Waals surface area contributed by atoms with Crippen LogP contribution < -0.4 is 10.2 Å². The summed E-state index contributed by atoms with van der Waals surface area (Å²) in [6, 6.07) is 15.0. The van der Waals surface area contributed by atoms with Gasteiger partial charge in [-0.3, -0.25) is 14.9 Å². The number of carboxylic acid groups (broad SMARTS) is 1. The van der Waals surface area contributed by atoms with E-state index in [1.807, 2.05) is 0 Å². The number of nitrogens with zero attached hydrogens (tertiary/aromatic N) is 1. The van der Waals surface area contributed by atoms with Crippen molar-refractivity contribution in [2.45, 2.75) is 0 Å². The molecule has 0 bridgehead atoms. The lowest BCUT2D eigenvalue weighted by Crippen LogP contribution is -2.54. The zero-order chi connectivity index (χ0) is 22.1. The zero-order valence-corrected chi connectivity index (χ0v) is 17.3. The molecule has 9 heteroatoms. The van der Waals surface area contributed by atoms with Crippen molar-refractivity contribution in [3.8, 4) is 11.3 Å². The van der Waals surface area contributed by atoms with E-state index in [4.69, 9.17) is 9.52 Å². The minimum Gasteiger partial charge on any atom is -0.478 e. The standard InChI is InChI=1S/C22H13BrN2O6/c23-14-5-2-6-15(10-14)25-20(27)17(19(26)24-22(25)30)11-16-7-8-18(31-16)12-3-1-4-13(9-12)21(28)29/h1-11H,(H,28,29)(H,24,26,30). The highest BCUT2D eigenvalue weighted by molar-refractivity contribution is 9.10. The third kappa shape index (κ3) is 4.03. The van der Waals surface area contributed by atoms with Crippen LogP contribution in [0.25, 0.3) is 17.4 Å². The summed E-state index contributed by atoms with van der Waals surface area (Å²) < 4.78 is 6.34. The fourth-order valence-corrected chi connectivity index (χ4v) is 3.43. The number of carbonyl (C=O) groups excluding carboxylic acids is 3. The van der Waals surface area contributed by atoms with Gasteiger partial charge < -0.3 is 9.52 Å². The highest BCUT2D eigenvalue weighted by Gasteiger charge is 2.37. The van der Waals surface area contributed by atoms with Gasteiger partial charge in [0, 0.05) is 10.0 Å². The fourth-order valence-electron chi connectivity index (χ4n) is 3.04.